The van der Waals surface area contributed by atoms with E-state index in [0.717, 1.165) is 61.6 Å². The van der Waals surface area contributed by atoms with Crippen LogP contribution < -0.4 is 5.32 Å². The zero-order valence-corrected chi connectivity index (χ0v) is 15.9. The average molecular weight is 372 g/mol. The number of nitrogens with one attached hydrogen (secondary N) is 1. The molecule has 0 saturated carbocycles. The third-order valence-electron chi connectivity index (χ3n) is 5.29. The summed E-state index contributed by atoms with van der Waals surface area (Å²) in [5.41, 5.74) is 1.18. The van der Waals surface area contributed by atoms with Gasteiger partial charge in [0, 0.05) is 23.9 Å². The lowest BCUT2D eigenvalue weighted by Crippen LogP contribution is -2.33. The number of hydrogen-bond donors (Lipinski definition) is 1. The minimum Gasteiger partial charge on any atom is -0.465 e. The Morgan fingerprint density at radius 2 is 2.12 bits per heavy atom. The predicted octanol–water partition coefficient (Wildman–Crippen LogP) is 3.31. The van der Waals surface area contributed by atoms with Gasteiger partial charge in [-0.3, -0.25) is 9.59 Å². The summed E-state index contributed by atoms with van der Waals surface area (Å²) in [6, 6.07) is 5.82. The van der Waals surface area contributed by atoms with Gasteiger partial charge < -0.3 is 14.6 Å². The smallest absolute Gasteiger partial charge is 0.263 e. The van der Waals surface area contributed by atoms with Crippen LogP contribution in [0, 0.1) is 12.8 Å². The Kier molecular flexibility index (Phi) is 4.85. The fourth-order valence-corrected chi connectivity index (χ4v) is 5.00. The molecule has 1 atom stereocenters. The molecular formula is C20H24N2O3S. The molecule has 3 heterocycles. The van der Waals surface area contributed by atoms with Crippen molar-refractivity contribution in [1.82, 2.24) is 10.2 Å². The SMILES string of the molecule is Cc1ccc(CNC(=O)[C@@H]2CCc3sc(C(=O)N4CCCC4)cc3C2)o1. The molecule has 26 heavy (non-hydrogen) atoms. The first-order valence-corrected chi connectivity index (χ1v) is 10.2. The van der Waals surface area contributed by atoms with Crippen molar-refractivity contribution >= 4 is 23.2 Å². The Bertz CT molecular complexity index is 817. The fourth-order valence-electron chi connectivity index (χ4n) is 3.83. The van der Waals surface area contributed by atoms with Gasteiger partial charge in [0.1, 0.15) is 11.5 Å². The Balaban J connectivity index is 1.37. The van der Waals surface area contributed by atoms with Crippen molar-refractivity contribution in [2.75, 3.05) is 13.1 Å². The van der Waals surface area contributed by atoms with Gasteiger partial charge in [-0.15, -0.1) is 11.3 Å². The van der Waals surface area contributed by atoms with Gasteiger partial charge in [-0.05, 0) is 62.8 Å². The first kappa shape index (κ1) is 17.3. The molecule has 138 valence electrons. The van der Waals surface area contributed by atoms with Crippen molar-refractivity contribution in [2.45, 2.75) is 45.6 Å². The molecule has 2 aromatic rings. The van der Waals surface area contributed by atoms with Gasteiger partial charge >= 0.3 is 0 Å². The van der Waals surface area contributed by atoms with E-state index in [-0.39, 0.29) is 17.7 Å². The van der Waals surface area contributed by atoms with Crippen LogP contribution in [0.15, 0.2) is 22.6 Å². The number of likely N-dealkylation sites (tertiary alicyclic amines) is 1. The van der Waals surface area contributed by atoms with Crippen molar-refractivity contribution in [2.24, 2.45) is 5.92 Å². The molecule has 1 fully saturated rings. The largest absolute Gasteiger partial charge is 0.465 e. The van der Waals surface area contributed by atoms with Gasteiger partial charge in [0.25, 0.3) is 5.91 Å². The lowest BCUT2D eigenvalue weighted by molar-refractivity contribution is -0.125. The standard InChI is InChI=1S/C20H24N2O3S/c1-13-4-6-16(25-13)12-21-19(23)14-5-7-17-15(10-14)11-18(26-17)20(24)22-8-2-3-9-22/h4,6,11,14H,2-3,5,7-10,12H2,1H3,(H,21,23)/t14-/m1/s1. The normalized spacial score (nSPS) is 19.4. The second-order valence-corrected chi connectivity index (χ2v) is 8.37. The number of fused-ring (bicyclic) bond motifs is 1. The Morgan fingerprint density at radius 3 is 2.85 bits per heavy atom. The molecule has 1 aliphatic carbocycles. The van der Waals surface area contributed by atoms with E-state index in [2.05, 4.69) is 5.32 Å². The first-order chi connectivity index (χ1) is 12.6. The molecule has 0 aromatic carbocycles. The van der Waals surface area contributed by atoms with E-state index >= 15 is 0 Å². The van der Waals surface area contributed by atoms with Gasteiger partial charge in [-0.1, -0.05) is 0 Å². The van der Waals surface area contributed by atoms with Crippen LogP contribution in [0.2, 0.25) is 0 Å². The number of thiophene rings is 1. The van der Waals surface area contributed by atoms with Crippen LogP contribution >= 0.6 is 11.3 Å². The quantitative estimate of drug-likeness (QED) is 0.896. The van der Waals surface area contributed by atoms with Crippen LogP contribution in [0.1, 0.15) is 50.9 Å². The van der Waals surface area contributed by atoms with E-state index in [9.17, 15) is 9.59 Å². The highest BCUT2D eigenvalue weighted by atomic mass is 32.1. The molecule has 1 saturated heterocycles. The lowest BCUT2D eigenvalue weighted by atomic mass is 9.87. The van der Waals surface area contributed by atoms with E-state index in [4.69, 9.17) is 4.42 Å². The van der Waals surface area contributed by atoms with Crippen LogP contribution in [0.5, 0.6) is 0 Å². The molecule has 4 rings (SSSR count). The van der Waals surface area contributed by atoms with Gasteiger partial charge in [-0.2, -0.15) is 0 Å². The summed E-state index contributed by atoms with van der Waals surface area (Å²) >= 11 is 1.62. The third-order valence-corrected chi connectivity index (χ3v) is 6.52. The highest BCUT2D eigenvalue weighted by Crippen LogP contribution is 2.33. The van der Waals surface area contributed by atoms with Gasteiger partial charge in [0.2, 0.25) is 5.91 Å². The summed E-state index contributed by atoms with van der Waals surface area (Å²) in [7, 11) is 0. The second kappa shape index (κ2) is 7.27. The van der Waals surface area contributed by atoms with Crippen LogP contribution in [0.25, 0.3) is 0 Å². The Morgan fingerprint density at radius 1 is 1.31 bits per heavy atom. The monoisotopic (exact) mass is 372 g/mol. The summed E-state index contributed by atoms with van der Waals surface area (Å²) in [6.07, 6.45) is 4.66. The highest BCUT2D eigenvalue weighted by molar-refractivity contribution is 7.14. The molecule has 1 aliphatic heterocycles. The topological polar surface area (TPSA) is 62.6 Å². The summed E-state index contributed by atoms with van der Waals surface area (Å²) in [5, 5.41) is 2.98. The van der Waals surface area contributed by atoms with Crippen LogP contribution in [0.3, 0.4) is 0 Å². The molecule has 0 bridgehead atoms. The molecule has 0 radical (unpaired) electrons. The van der Waals surface area contributed by atoms with Crippen molar-refractivity contribution < 1.29 is 14.0 Å². The van der Waals surface area contributed by atoms with E-state index < -0.39 is 0 Å². The molecule has 6 heteroatoms. The van der Waals surface area contributed by atoms with Crippen molar-refractivity contribution in [3.05, 3.63) is 45.0 Å². The highest BCUT2D eigenvalue weighted by Gasteiger charge is 2.29. The van der Waals surface area contributed by atoms with Crippen LogP contribution in [-0.2, 0) is 24.2 Å². The van der Waals surface area contributed by atoms with E-state index in [1.807, 2.05) is 30.0 Å². The molecule has 1 N–H and O–H groups in total. The third kappa shape index (κ3) is 3.56. The molecule has 5 nitrogen and oxygen atoms in total. The number of carbonyl (C=O) groups is 2. The maximum absolute atomic E-state index is 12.6. The van der Waals surface area contributed by atoms with Crippen molar-refractivity contribution in [3.8, 4) is 0 Å². The number of hydrogen-bond acceptors (Lipinski definition) is 4. The van der Waals surface area contributed by atoms with Crippen LogP contribution in [0.4, 0.5) is 0 Å². The Labute approximate surface area is 157 Å². The molecule has 2 aromatic heterocycles. The number of nitrogens with zero attached hydrogens (tertiary/aromatic N) is 1. The molecular weight excluding hydrogens is 348 g/mol. The minimum atomic E-state index is -0.0251. The van der Waals surface area contributed by atoms with Gasteiger partial charge in [-0.25, -0.2) is 0 Å². The molecule has 2 aliphatic rings. The molecule has 0 spiro atoms. The number of carbonyl (C=O) groups excluding carboxylic acids is 2. The van der Waals surface area contributed by atoms with E-state index in [0.29, 0.717) is 6.54 Å². The minimum absolute atomic E-state index is 0.0251. The van der Waals surface area contributed by atoms with E-state index in [1.54, 1.807) is 11.3 Å². The number of rotatable bonds is 4. The van der Waals surface area contributed by atoms with Gasteiger partial charge in [0.15, 0.2) is 0 Å². The summed E-state index contributed by atoms with van der Waals surface area (Å²) < 4.78 is 5.50. The number of aryl methyl sites for hydroxylation is 2. The van der Waals surface area contributed by atoms with Crippen molar-refractivity contribution in [1.29, 1.82) is 0 Å². The first-order valence-electron chi connectivity index (χ1n) is 9.34. The zero-order chi connectivity index (χ0) is 18.1. The Hall–Kier alpha value is -2.08. The molecule has 0 unspecified atom stereocenters. The molecule has 2 amide bonds. The van der Waals surface area contributed by atoms with Crippen molar-refractivity contribution in [3.63, 3.8) is 0 Å². The predicted molar refractivity (Wildman–Crippen MR) is 100 cm³/mol. The fraction of sp³-hybridized carbons (Fsp3) is 0.500. The lowest BCUT2D eigenvalue weighted by Gasteiger charge is -2.21. The van der Waals surface area contributed by atoms with Gasteiger partial charge in [0.05, 0.1) is 11.4 Å². The van der Waals surface area contributed by atoms with Crippen LogP contribution in [-0.4, -0.2) is 29.8 Å². The summed E-state index contributed by atoms with van der Waals surface area (Å²) in [5.74, 6) is 1.84. The maximum atomic E-state index is 12.6. The van der Waals surface area contributed by atoms with E-state index in [1.165, 1.54) is 10.4 Å². The zero-order valence-electron chi connectivity index (χ0n) is 15.0. The average Bonchev–Trinajstić information content (AvgIpc) is 3.38. The second-order valence-electron chi connectivity index (χ2n) is 7.23. The summed E-state index contributed by atoms with van der Waals surface area (Å²) in [6.45, 7) is 4.07. The number of amides is 2. The number of furan rings is 1. The maximum Gasteiger partial charge on any atom is 0.263 e. The summed E-state index contributed by atoms with van der Waals surface area (Å²) in [4.78, 5) is 29.2.